The average molecular weight is 441 g/mol. The summed E-state index contributed by atoms with van der Waals surface area (Å²) in [5.41, 5.74) is 1.81. The van der Waals surface area contributed by atoms with Crippen LogP contribution in [-0.4, -0.2) is 57.1 Å². The smallest absolute Gasteiger partial charge is 0.226 e. The van der Waals surface area contributed by atoms with E-state index < -0.39 is 0 Å². The summed E-state index contributed by atoms with van der Waals surface area (Å²) in [6.45, 7) is 6.81. The van der Waals surface area contributed by atoms with E-state index in [0.29, 0.717) is 49.1 Å². The first-order chi connectivity index (χ1) is 15.0. The van der Waals surface area contributed by atoms with E-state index in [9.17, 15) is 4.79 Å². The van der Waals surface area contributed by atoms with Crippen LogP contribution in [0.1, 0.15) is 30.3 Å². The van der Waals surface area contributed by atoms with Crippen LogP contribution < -0.4 is 4.90 Å². The number of halogens is 1. The molecule has 0 bridgehead atoms. The van der Waals surface area contributed by atoms with Crippen molar-refractivity contribution in [2.24, 2.45) is 0 Å². The SMILES string of the molecule is Cc1cc(N2CCN(C(=O)CCCc3nc(-c4ccc(Cl)cc4)no3)CC2)nc(C)n1. The number of nitrogens with zero attached hydrogens (tertiary/aromatic N) is 6. The molecule has 0 unspecified atom stereocenters. The molecular weight excluding hydrogens is 416 g/mol. The second-order valence-electron chi connectivity index (χ2n) is 7.65. The first kappa shape index (κ1) is 21.2. The summed E-state index contributed by atoms with van der Waals surface area (Å²) in [5, 5.41) is 4.67. The minimum atomic E-state index is 0.159. The number of anilines is 1. The lowest BCUT2D eigenvalue weighted by molar-refractivity contribution is -0.131. The van der Waals surface area contributed by atoms with E-state index >= 15 is 0 Å². The van der Waals surface area contributed by atoms with Crippen LogP contribution in [-0.2, 0) is 11.2 Å². The van der Waals surface area contributed by atoms with Gasteiger partial charge in [0.2, 0.25) is 17.6 Å². The highest BCUT2D eigenvalue weighted by Crippen LogP contribution is 2.20. The zero-order chi connectivity index (χ0) is 21.8. The van der Waals surface area contributed by atoms with Crippen molar-refractivity contribution in [1.82, 2.24) is 25.0 Å². The van der Waals surface area contributed by atoms with Crippen molar-refractivity contribution in [2.75, 3.05) is 31.1 Å². The Kier molecular flexibility index (Phi) is 6.46. The molecule has 31 heavy (non-hydrogen) atoms. The van der Waals surface area contributed by atoms with Gasteiger partial charge < -0.3 is 14.3 Å². The van der Waals surface area contributed by atoms with Crippen molar-refractivity contribution in [2.45, 2.75) is 33.1 Å². The Balaban J connectivity index is 1.23. The Bertz CT molecular complexity index is 1020. The average Bonchev–Trinajstić information content (AvgIpc) is 3.22. The number of benzene rings is 1. The van der Waals surface area contributed by atoms with Gasteiger partial charge in [-0.1, -0.05) is 16.8 Å². The Morgan fingerprint density at radius 3 is 2.52 bits per heavy atom. The van der Waals surface area contributed by atoms with Crippen molar-refractivity contribution in [1.29, 1.82) is 0 Å². The number of aromatic nitrogens is 4. The normalized spacial score (nSPS) is 14.2. The van der Waals surface area contributed by atoms with Gasteiger partial charge in [0, 0.05) is 61.4 Å². The minimum absolute atomic E-state index is 0.159. The van der Waals surface area contributed by atoms with Crippen molar-refractivity contribution in [3.05, 3.63) is 52.8 Å². The molecule has 0 radical (unpaired) electrons. The molecule has 1 amide bonds. The van der Waals surface area contributed by atoms with E-state index in [-0.39, 0.29) is 5.91 Å². The molecule has 0 atom stereocenters. The lowest BCUT2D eigenvalue weighted by Gasteiger charge is -2.35. The van der Waals surface area contributed by atoms with Crippen molar-refractivity contribution >= 4 is 23.3 Å². The number of carbonyl (C=O) groups excluding carboxylic acids is 1. The number of aryl methyl sites for hydroxylation is 3. The Morgan fingerprint density at radius 1 is 1.06 bits per heavy atom. The fourth-order valence-electron chi connectivity index (χ4n) is 3.67. The predicted octanol–water partition coefficient (Wildman–Crippen LogP) is 3.47. The maximum absolute atomic E-state index is 12.6. The molecule has 3 aromatic rings. The highest BCUT2D eigenvalue weighted by atomic mass is 35.5. The number of hydrogen-bond donors (Lipinski definition) is 0. The van der Waals surface area contributed by atoms with Gasteiger partial charge in [-0.15, -0.1) is 0 Å². The van der Waals surface area contributed by atoms with E-state index in [0.717, 1.165) is 36.0 Å². The summed E-state index contributed by atoms with van der Waals surface area (Å²) < 4.78 is 5.32. The second-order valence-corrected chi connectivity index (χ2v) is 8.09. The van der Waals surface area contributed by atoms with Gasteiger partial charge in [-0.3, -0.25) is 4.79 Å². The van der Waals surface area contributed by atoms with Crippen LogP contribution >= 0.6 is 11.6 Å². The van der Waals surface area contributed by atoms with Gasteiger partial charge >= 0.3 is 0 Å². The van der Waals surface area contributed by atoms with Gasteiger partial charge in [-0.05, 0) is 44.5 Å². The predicted molar refractivity (Wildman–Crippen MR) is 118 cm³/mol. The third kappa shape index (κ3) is 5.38. The lowest BCUT2D eigenvalue weighted by atomic mass is 10.2. The summed E-state index contributed by atoms with van der Waals surface area (Å²) in [7, 11) is 0. The van der Waals surface area contributed by atoms with Crippen molar-refractivity contribution in [3.8, 4) is 11.4 Å². The summed E-state index contributed by atoms with van der Waals surface area (Å²) >= 11 is 5.91. The van der Waals surface area contributed by atoms with E-state index in [2.05, 4.69) is 25.0 Å². The van der Waals surface area contributed by atoms with Crippen LogP contribution in [0, 0.1) is 13.8 Å². The highest BCUT2D eigenvalue weighted by molar-refractivity contribution is 6.30. The topological polar surface area (TPSA) is 88.2 Å². The molecule has 0 spiro atoms. The molecule has 2 aromatic heterocycles. The largest absolute Gasteiger partial charge is 0.353 e. The van der Waals surface area contributed by atoms with E-state index in [4.69, 9.17) is 16.1 Å². The summed E-state index contributed by atoms with van der Waals surface area (Å²) in [6.07, 6.45) is 1.71. The fourth-order valence-corrected chi connectivity index (χ4v) is 3.79. The number of piperazine rings is 1. The molecule has 0 saturated carbocycles. The first-order valence-corrected chi connectivity index (χ1v) is 10.8. The molecule has 0 aliphatic carbocycles. The number of amides is 1. The Hall–Kier alpha value is -3.00. The molecule has 8 nitrogen and oxygen atoms in total. The number of rotatable bonds is 6. The zero-order valence-corrected chi connectivity index (χ0v) is 18.5. The second kappa shape index (κ2) is 9.43. The lowest BCUT2D eigenvalue weighted by Crippen LogP contribution is -2.49. The van der Waals surface area contributed by atoms with E-state index in [1.165, 1.54) is 0 Å². The van der Waals surface area contributed by atoms with Gasteiger partial charge in [0.1, 0.15) is 11.6 Å². The summed E-state index contributed by atoms with van der Waals surface area (Å²) in [4.78, 5) is 30.0. The molecule has 1 aliphatic rings. The standard InChI is InChI=1S/C22H25ClN6O2/c1-15-14-19(25-16(2)24-15)28-10-12-29(13-11-28)21(30)5-3-4-20-26-22(27-31-20)17-6-8-18(23)9-7-17/h6-9,14H,3-5,10-13H2,1-2H3. The van der Waals surface area contributed by atoms with Crippen LogP contribution in [0.2, 0.25) is 5.02 Å². The fraction of sp³-hybridized carbons (Fsp3) is 0.409. The van der Waals surface area contributed by atoms with Crippen LogP contribution in [0.4, 0.5) is 5.82 Å². The minimum Gasteiger partial charge on any atom is -0.353 e. The maximum Gasteiger partial charge on any atom is 0.226 e. The molecule has 4 rings (SSSR count). The van der Waals surface area contributed by atoms with Gasteiger partial charge in [0.25, 0.3) is 0 Å². The third-order valence-corrected chi connectivity index (χ3v) is 5.51. The number of carbonyl (C=O) groups is 1. The quantitative estimate of drug-likeness (QED) is 0.579. The van der Waals surface area contributed by atoms with Gasteiger partial charge in [0.05, 0.1) is 0 Å². The van der Waals surface area contributed by atoms with E-state index in [1.54, 1.807) is 12.1 Å². The van der Waals surface area contributed by atoms with E-state index in [1.807, 2.05) is 36.9 Å². The molecule has 1 saturated heterocycles. The molecule has 9 heteroatoms. The molecule has 1 aliphatic heterocycles. The third-order valence-electron chi connectivity index (χ3n) is 5.26. The zero-order valence-electron chi connectivity index (χ0n) is 17.7. The molecule has 1 aromatic carbocycles. The Labute approximate surface area is 186 Å². The molecule has 1 fully saturated rings. The first-order valence-electron chi connectivity index (χ1n) is 10.4. The summed E-state index contributed by atoms with van der Waals surface area (Å²) in [6, 6.07) is 9.28. The van der Waals surface area contributed by atoms with Gasteiger partial charge in [0.15, 0.2) is 0 Å². The Morgan fingerprint density at radius 2 is 1.81 bits per heavy atom. The van der Waals surface area contributed by atoms with Gasteiger partial charge in [-0.2, -0.15) is 4.98 Å². The molecular formula is C22H25ClN6O2. The van der Waals surface area contributed by atoms with Crippen LogP contribution in [0.5, 0.6) is 0 Å². The molecule has 162 valence electrons. The van der Waals surface area contributed by atoms with Gasteiger partial charge in [-0.25, -0.2) is 9.97 Å². The van der Waals surface area contributed by atoms with Crippen LogP contribution in [0.25, 0.3) is 11.4 Å². The molecule has 0 N–H and O–H groups in total. The van der Waals surface area contributed by atoms with Crippen molar-refractivity contribution in [3.63, 3.8) is 0 Å². The molecule has 3 heterocycles. The van der Waals surface area contributed by atoms with Crippen LogP contribution in [0.3, 0.4) is 0 Å². The number of hydrogen-bond acceptors (Lipinski definition) is 7. The maximum atomic E-state index is 12.6. The summed E-state index contributed by atoms with van der Waals surface area (Å²) in [5.74, 6) is 2.94. The van der Waals surface area contributed by atoms with Crippen LogP contribution in [0.15, 0.2) is 34.9 Å². The highest BCUT2D eigenvalue weighted by Gasteiger charge is 2.22. The van der Waals surface area contributed by atoms with Crippen molar-refractivity contribution < 1.29 is 9.32 Å². The monoisotopic (exact) mass is 440 g/mol.